The second kappa shape index (κ2) is 7.26. The molecule has 0 aliphatic rings. The fraction of sp³-hybridized carbons (Fsp3) is 0.105. The van der Waals surface area contributed by atoms with Crippen LogP contribution in [0.2, 0.25) is 0 Å². The lowest BCUT2D eigenvalue weighted by Crippen LogP contribution is -2.27. The van der Waals surface area contributed by atoms with E-state index in [1.54, 1.807) is 23.3 Å². The van der Waals surface area contributed by atoms with Gasteiger partial charge in [0.25, 0.3) is 0 Å². The number of hydrogen-bond acceptors (Lipinski definition) is 5. The number of para-hydroxylation sites is 1. The predicted molar refractivity (Wildman–Crippen MR) is 112 cm³/mol. The minimum Gasteiger partial charge on any atom is -0.291 e. The Labute approximate surface area is 167 Å². The van der Waals surface area contributed by atoms with E-state index in [1.165, 1.54) is 11.3 Å². The van der Waals surface area contributed by atoms with Crippen LogP contribution >= 0.6 is 38.6 Å². The molecule has 0 fully saturated rings. The normalized spacial score (nSPS) is 11.0. The van der Waals surface area contributed by atoms with Crippen molar-refractivity contribution in [1.82, 2.24) is 9.97 Å². The largest absolute Gasteiger partial charge is 0.291 e. The van der Waals surface area contributed by atoms with E-state index in [9.17, 15) is 4.79 Å². The zero-order valence-electron chi connectivity index (χ0n) is 13.8. The van der Waals surface area contributed by atoms with Crippen molar-refractivity contribution < 1.29 is 4.79 Å². The molecule has 1 amide bonds. The highest BCUT2D eigenvalue weighted by atomic mass is 79.9. The maximum atomic E-state index is 12.6. The molecule has 0 spiro atoms. The minimum atomic E-state index is -0.0184. The Hall–Kier alpha value is -2.09. The summed E-state index contributed by atoms with van der Waals surface area (Å²) in [5.41, 5.74) is 2.74. The number of nitrogens with zero attached hydrogens (tertiary/aromatic N) is 3. The molecule has 2 aromatic carbocycles. The molecular weight excluding hydrogens is 430 g/mol. The van der Waals surface area contributed by atoms with Crippen molar-refractivity contribution in [3.63, 3.8) is 0 Å². The van der Waals surface area contributed by atoms with Gasteiger partial charge in [0.1, 0.15) is 5.01 Å². The Kier molecular flexibility index (Phi) is 4.84. The smallest absolute Gasteiger partial charge is 0.234 e. The first-order chi connectivity index (χ1) is 12.6. The van der Waals surface area contributed by atoms with Crippen LogP contribution in [0.5, 0.6) is 0 Å². The number of benzene rings is 2. The van der Waals surface area contributed by atoms with E-state index in [-0.39, 0.29) is 12.3 Å². The molecule has 7 heteroatoms. The van der Waals surface area contributed by atoms with E-state index in [0.29, 0.717) is 5.13 Å². The molecule has 0 saturated heterocycles. The van der Waals surface area contributed by atoms with Crippen LogP contribution in [0.1, 0.15) is 5.69 Å². The minimum absolute atomic E-state index is 0.0184. The van der Waals surface area contributed by atoms with Crippen LogP contribution in [0.25, 0.3) is 20.8 Å². The van der Waals surface area contributed by atoms with Gasteiger partial charge in [-0.05, 0) is 24.3 Å². The zero-order valence-corrected chi connectivity index (χ0v) is 17.1. The zero-order chi connectivity index (χ0) is 18.1. The van der Waals surface area contributed by atoms with Gasteiger partial charge in [-0.1, -0.05) is 51.5 Å². The second-order valence-electron chi connectivity index (χ2n) is 5.75. The third kappa shape index (κ3) is 3.56. The third-order valence-electron chi connectivity index (χ3n) is 3.90. The van der Waals surface area contributed by atoms with Crippen LogP contribution in [0.4, 0.5) is 5.13 Å². The molecule has 0 bridgehead atoms. The summed E-state index contributed by atoms with van der Waals surface area (Å²) < 4.78 is 2.09. The number of hydrogen-bond donors (Lipinski definition) is 0. The van der Waals surface area contributed by atoms with Crippen molar-refractivity contribution in [3.8, 4) is 10.6 Å². The van der Waals surface area contributed by atoms with Crippen molar-refractivity contribution in [2.75, 3.05) is 11.9 Å². The number of halogens is 1. The molecular formula is C19H14BrN3OS2. The van der Waals surface area contributed by atoms with Crippen molar-refractivity contribution in [3.05, 3.63) is 64.1 Å². The first kappa shape index (κ1) is 17.3. The lowest BCUT2D eigenvalue weighted by molar-refractivity contribution is -0.117. The predicted octanol–water partition coefficient (Wildman–Crippen LogP) is 5.39. The summed E-state index contributed by atoms with van der Waals surface area (Å²) >= 11 is 6.54. The van der Waals surface area contributed by atoms with Crippen LogP contribution in [-0.2, 0) is 11.2 Å². The van der Waals surface area contributed by atoms with Gasteiger partial charge in [0.05, 0.1) is 22.3 Å². The van der Waals surface area contributed by atoms with Gasteiger partial charge in [-0.25, -0.2) is 9.97 Å². The van der Waals surface area contributed by atoms with Crippen molar-refractivity contribution in [2.24, 2.45) is 0 Å². The van der Waals surface area contributed by atoms with Crippen molar-refractivity contribution in [2.45, 2.75) is 6.42 Å². The second-order valence-corrected chi connectivity index (χ2v) is 8.53. The standard InChI is InChI=1S/C19H14BrN3OS2/c1-23(19-22-15-7-2-3-8-16(15)26-19)17(24)10-14-11-25-18(21-14)12-5-4-6-13(20)9-12/h2-9,11H,10H2,1H3. The maximum Gasteiger partial charge on any atom is 0.234 e. The first-order valence-electron chi connectivity index (χ1n) is 7.92. The first-order valence-corrected chi connectivity index (χ1v) is 10.4. The van der Waals surface area contributed by atoms with Crippen LogP contribution in [0, 0.1) is 0 Å². The van der Waals surface area contributed by atoms with Crippen LogP contribution in [-0.4, -0.2) is 22.9 Å². The van der Waals surface area contributed by atoms with E-state index in [2.05, 4.69) is 25.9 Å². The Morgan fingerprint density at radius 3 is 2.81 bits per heavy atom. The molecule has 0 unspecified atom stereocenters. The Balaban J connectivity index is 1.51. The molecule has 0 atom stereocenters. The van der Waals surface area contributed by atoms with E-state index >= 15 is 0 Å². The van der Waals surface area contributed by atoms with Crippen LogP contribution < -0.4 is 4.90 Å². The molecule has 0 saturated carbocycles. The molecule has 4 rings (SSSR count). The van der Waals surface area contributed by atoms with Crippen LogP contribution in [0.15, 0.2) is 58.4 Å². The van der Waals surface area contributed by atoms with E-state index in [4.69, 9.17) is 0 Å². The number of amides is 1. The third-order valence-corrected chi connectivity index (χ3v) is 6.45. The molecule has 130 valence electrons. The maximum absolute atomic E-state index is 12.6. The van der Waals surface area contributed by atoms with Gasteiger partial charge in [-0.3, -0.25) is 9.69 Å². The van der Waals surface area contributed by atoms with E-state index < -0.39 is 0 Å². The van der Waals surface area contributed by atoms with Gasteiger partial charge in [-0.15, -0.1) is 11.3 Å². The highest BCUT2D eigenvalue weighted by Gasteiger charge is 2.17. The molecule has 0 radical (unpaired) electrons. The summed E-state index contributed by atoms with van der Waals surface area (Å²) in [6, 6.07) is 15.9. The summed E-state index contributed by atoms with van der Waals surface area (Å²) in [6.45, 7) is 0. The number of fused-ring (bicyclic) bond motifs is 1. The van der Waals surface area contributed by atoms with Gasteiger partial charge in [0.2, 0.25) is 5.91 Å². The summed E-state index contributed by atoms with van der Waals surface area (Å²) in [4.78, 5) is 23.4. The Bertz CT molecular complexity index is 1060. The lowest BCUT2D eigenvalue weighted by Gasteiger charge is -2.12. The van der Waals surface area contributed by atoms with E-state index in [1.807, 2.05) is 53.9 Å². The molecule has 0 aliphatic heterocycles. The molecule has 0 N–H and O–H groups in total. The molecule has 4 nitrogen and oxygen atoms in total. The fourth-order valence-electron chi connectivity index (χ4n) is 2.53. The lowest BCUT2D eigenvalue weighted by atomic mass is 10.2. The fourth-order valence-corrected chi connectivity index (χ4v) is 4.69. The molecule has 4 aromatic rings. The van der Waals surface area contributed by atoms with Crippen molar-refractivity contribution in [1.29, 1.82) is 0 Å². The average molecular weight is 444 g/mol. The number of carbonyl (C=O) groups excluding carboxylic acids is 1. The number of rotatable bonds is 4. The number of likely N-dealkylation sites (N-methyl/N-ethyl adjacent to an activating group) is 1. The van der Waals surface area contributed by atoms with Gasteiger partial charge in [-0.2, -0.15) is 0 Å². The summed E-state index contributed by atoms with van der Waals surface area (Å²) in [7, 11) is 1.77. The molecule has 2 aromatic heterocycles. The Morgan fingerprint density at radius 2 is 2.00 bits per heavy atom. The molecule has 2 heterocycles. The summed E-state index contributed by atoms with van der Waals surface area (Å²) in [5.74, 6) is -0.0184. The SMILES string of the molecule is CN(C(=O)Cc1csc(-c2cccc(Br)c2)n1)c1nc2ccccc2s1. The number of anilines is 1. The molecule has 0 aliphatic carbocycles. The monoisotopic (exact) mass is 443 g/mol. The van der Waals surface area contributed by atoms with E-state index in [0.717, 1.165) is 31.0 Å². The Morgan fingerprint density at radius 1 is 1.15 bits per heavy atom. The molecule has 26 heavy (non-hydrogen) atoms. The number of thiazole rings is 2. The average Bonchev–Trinajstić information content (AvgIpc) is 3.27. The number of aromatic nitrogens is 2. The van der Waals surface area contributed by atoms with Gasteiger partial charge in [0.15, 0.2) is 5.13 Å². The summed E-state index contributed by atoms with van der Waals surface area (Å²) in [5, 5.41) is 3.57. The van der Waals surface area contributed by atoms with Gasteiger partial charge < -0.3 is 0 Å². The topological polar surface area (TPSA) is 46.1 Å². The number of carbonyl (C=O) groups is 1. The van der Waals surface area contributed by atoms with Gasteiger partial charge >= 0.3 is 0 Å². The summed E-state index contributed by atoms with van der Waals surface area (Å²) in [6.07, 6.45) is 0.261. The van der Waals surface area contributed by atoms with Gasteiger partial charge in [0, 0.05) is 22.5 Å². The van der Waals surface area contributed by atoms with Crippen LogP contribution in [0.3, 0.4) is 0 Å². The van der Waals surface area contributed by atoms with Crippen molar-refractivity contribution >= 4 is 59.9 Å². The highest BCUT2D eigenvalue weighted by Crippen LogP contribution is 2.29. The quantitative estimate of drug-likeness (QED) is 0.424. The highest BCUT2D eigenvalue weighted by molar-refractivity contribution is 9.10.